The van der Waals surface area contributed by atoms with E-state index in [0.717, 1.165) is 15.7 Å². The van der Waals surface area contributed by atoms with Gasteiger partial charge < -0.3 is 9.47 Å². The van der Waals surface area contributed by atoms with Gasteiger partial charge in [0.15, 0.2) is 4.34 Å². The summed E-state index contributed by atoms with van der Waals surface area (Å²) in [6.07, 6.45) is 3.12. The summed E-state index contributed by atoms with van der Waals surface area (Å²) in [6, 6.07) is 5.39. The number of carbonyl (C=O) groups excluding carboxylic acids is 1. The quantitative estimate of drug-likeness (QED) is 0.469. The number of amides is 1. The summed E-state index contributed by atoms with van der Waals surface area (Å²) in [5.74, 6) is 1.97. The SMILES string of the molecule is CCSc1nnc(NC(=O)/C=C/c2cc(OC)cc(OC)c2)s1. The number of nitrogens with one attached hydrogen (secondary N) is 1. The first-order valence-electron chi connectivity index (χ1n) is 6.83. The Labute approximate surface area is 142 Å². The van der Waals surface area contributed by atoms with Crippen molar-refractivity contribution in [2.45, 2.75) is 11.3 Å². The van der Waals surface area contributed by atoms with Gasteiger partial charge >= 0.3 is 0 Å². The van der Waals surface area contributed by atoms with E-state index >= 15 is 0 Å². The van der Waals surface area contributed by atoms with Crippen molar-refractivity contribution in [3.05, 3.63) is 29.8 Å². The van der Waals surface area contributed by atoms with Gasteiger partial charge in [0.05, 0.1) is 14.2 Å². The fourth-order valence-electron chi connectivity index (χ4n) is 1.69. The zero-order chi connectivity index (χ0) is 16.7. The first-order valence-corrected chi connectivity index (χ1v) is 8.63. The number of rotatable bonds is 7. The van der Waals surface area contributed by atoms with Crippen molar-refractivity contribution in [3.8, 4) is 11.5 Å². The van der Waals surface area contributed by atoms with Gasteiger partial charge in [-0.15, -0.1) is 10.2 Å². The molecule has 0 saturated carbocycles. The molecule has 0 atom stereocenters. The first kappa shape index (κ1) is 17.3. The normalized spacial score (nSPS) is 10.7. The topological polar surface area (TPSA) is 73.3 Å². The number of nitrogens with zero attached hydrogens (tertiary/aromatic N) is 2. The predicted molar refractivity (Wildman–Crippen MR) is 93.5 cm³/mol. The molecule has 1 N–H and O–H groups in total. The summed E-state index contributed by atoms with van der Waals surface area (Å²) in [4.78, 5) is 11.9. The zero-order valence-corrected chi connectivity index (χ0v) is 14.7. The van der Waals surface area contributed by atoms with Crippen molar-refractivity contribution in [1.29, 1.82) is 0 Å². The smallest absolute Gasteiger partial charge is 0.250 e. The lowest BCUT2D eigenvalue weighted by molar-refractivity contribution is -0.111. The van der Waals surface area contributed by atoms with E-state index in [1.165, 1.54) is 17.4 Å². The molecule has 2 aromatic rings. The molecule has 0 radical (unpaired) electrons. The molecule has 8 heteroatoms. The Morgan fingerprint density at radius 2 is 1.96 bits per heavy atom. The second kappa shape index (κ2) is 8.54. The highest BCUT2D eigenvalue weighted by atomic mass is 32.2. The lowest BCUT2D eigenvalue weighted by Crippen LogP contribution is -2.07. The summed E-state index contributed by atoms with van der Waals surface area (Å²) < 4.78 is 11.2. The zero-order valence-electron chi connectivity index (χ0n) is 13.0. The summed E-state index contributed by atoms with van der Waals surface area (Å²) in [5, 5.41) is 11.1. The van der Waals surface area contributed by atoms with Crippen LogP contribution >= 0.6 is 23.1 Å². The van der Waals surface area contributed by atoms with Gasteiger partial charge in [0, 0.05) is 12.1 Å². The summed E-state index contributed by atoms with van der Waals surface area (Å²) in [6.45, 7) is 2.04. The summed E-state index contributed by atoms with van der Waals surface area (Å²) in [7, 11) is 3.16. The van der Waals surface area contributed by atoms with Crippen LogP contribution in [0.1, 0.15) is 12.5 Å². The third-order valence-electron chi connectivity index (χ3n) is 2.71. The number of aromatic nitrogens is 2. The number of hydrogen-bond donors (Lipinski definition) is 1. The largest absolute Gasteiger partial charge is 0.497 e. The molecular weight excluding hydrogens is 334 g/mol. The molecule has 1 aromatic carbocycles. The first-order chi connectivity index (χ1) is 11.1. The van der Waals surface area contributed by atoms with Gasteiger partial charge in [0.2, 0.25) is 11.0 Å². The molecule has 0 fully saturated rings. The van der Waals surface area contributed by atoms with Crippen molar-refractivity contribution in [3.63, 3.8) is 0 Å². The lowest BCUT2D eigenvalue weighted by Gasteiger charge is -2.05. The number of benzene rings is 1. The van der Waals surface area contributed by atoms with Crippen molar-refractivity contribution < 1.29 is 14.3 Å². The fourth-order valence-corrected chi connectivity index (χ4v) is 3.34. The van der Waals surface area contributed by atoms with Crippen LogP contribution < -0.4 is 14.8 Å². The van der Waals surface area contributed by atoms with Gasteiger partial charge in [-0.2, -0.15) is 0 Å². The molecule has 0 aliphatic rings. The Morgan fingerprint density at radius 3 is 2.57 bits per heavy atom. The van der Waals surface area contributed by atoms with E-state index in [2.05, 4.69) is 15.5 Å². The maximum atomic E-state index is 11.9. The van der Waals surface area contributed by atoms with Gasteiger partial charge in [0.1, 0.15) is 11.5 Å². The molecule has 1 heterocycles. The molecule has 23 heavy (non-hydrogen) atoms. The molecule has 0 aliphatic heterocycles. The van der Waals surface area contributed by atoms with Crippen molar-refractivity contribution in [2.24, 2.45) is 0 Å². The van der Waals surface area contributed by atoms with Crippen LogP contribution in [0, 0.1) is 0 Å². The monoisotopic (exact) mass is 351 g/mol. The van der Waals surface area contributed by atoms with Crippen LogP contribution in [0.3, 0.4) is 0 Å². The van der Waals surface area contributed by atoms with E-state index in [4.69, 9.17) is 9.47 Å². The number of ether oxygens (including phenoxy) is 2. The Bertz CT molecular complexity index is 679. The molecule has 122 valence electrons. The number of hydrogen-bond acceptors (Lipinski definition) is 7. The Balaban J connectivity index is 2.02. The molecule has 2 rings (SSSR count). The molecule has 1 aromatic heterocycles. The molecule has 6 nitrogen and oxygen atoms in total. The van der Waals surface area contributed by atoms with Crippen LogP contribution in [0.25, 0.3) is 6.08 Å². The number of carbonyl (C=O) groups is 1. The number of methoxy groups -OCH3 is 2. The van der Waals surface area contributed by atoms with Gasteiger partial charge in [-0.3, -0.25) is 10.1 Å². The Hall–Kier alpha value is -2.06. The van der Waals surface area contributed by atoms with Gasteiger partial charge in [-0.05, 0) is 29.5 Å². The Morgan fingerprint density at radius 1 is 1.26 bits per heavy atom. The lowest BCUT2D eigenvalue weighted by atomic mass is 10.2. The average Bonchev–Trinajstić information content (AvgIpc) is 3.00. The second-order valence-electron chi connectivity index (χ2n) is 4.27. The van der Waals surface area contributed by atoms with Gasteiger partial charge in [0.25, 0.3) is 0 Å². The maximum Gasteiger partial charge on any atom is 0.250 e. The molecule has 0 bridgehead atoms. The van der Waals surface area contributed by atoms with Crippen LogP contribution in [0.5, 0.6) is 11.5 Å². The standard InChI is InChI=1S/C15H17N3O3S2/c1-4-22-15-18-17-14(23-15)16-13(19)6-5-10-7-11(20-2)9-12(8-10)21-3/h5-9H,4H2,1-3H3,(H,16,17,19)/b6-5+. The third kappa shape index (κ3) is 5.26. The minimum atomic E-state index is -0.268. The summed E-state index contributed by atoms with van der Waals surface area (Å²) >= 11 is 2.94. The van der Waals surface area contributed by atoms with Crippen LogP contribution in [0.2, 0.25) is 0 Å². The van der Waals surface area contributed by atoms with E-state index in [-0.39, 0.29) is 5.91 Å². The predicted octanol–water partition coefficient (Wildman–Crippen LogP) is 3.32. The van der Waals surface area contributed by atoms with Crippen LogP contribution in [0.4, 0.5) is 5.13 Å². The third-order valence-corrected chi connectivity index (χ3v) is 4.56. The van der Waals surface area contributed by atoms with Crippen molar-refractivity contribution in [1.82, 2.24) is 10.2 Å². The highest BCUT2D eigenvalue weighted by molar-refractivity contribution is 8.01. The van der Waals surface area contributed by atoms with E-state index in [9.17, 15) is 4.79 Å². The van der Waals surface area contributed by atoms with Crippen LogP contribution in [-0.2, 0) is 4.79 Å². The fraction of sp³-hybridized carbons (Fsp3) is 0.267. The van der Waals surface area contributed by atoms with Crippen LogP contribution in [0.15, 0.2) is 28.6 Å². The van der Waals surface area contributed by atoms with E-state index in [0.29, 0.717) is 16.6 Å². The van der Waals surface area contributed by atoms with Gasteiger partial charge in [-0.1, -0.05) is 30.0 Å². The van der Waals surface area contributed by atoms with Crippen LogP contribution in [-0.4, -0.2) is 36.1 Å². The van der Waals surface area contributed by atoms with Gasteiger partial charge in [-0.25, -0.2) is 0 Å². The summed E-state index contributed by atoms with van der Waals surface area (Å²) in [5.41, 5.74) is 0.802. The van der Waals surface area contributed by atoms with Crippen molar-refractivity contribution in [2.75, 3.05) is 25.3 Å². The molecule has 0 spiro atoms. The van der Waals surface area contributed by atoms with Crippen molar-refractivity contribution >= 4 is 40.2 Å². The number of anilines is 1. The highest BCUT2D eigenvalue weighted by Gasteiger charge is 2.06. The maximum absolute atomic E-state index is 11.9. The second-order valence-corrected chi connectivity index (χ2v) is 6.76. The minimum absolute atomic E-state index is 0.268. The molecule has 0 aliphatic carbocycles. The molecule has 0 unspecified atom stereocenters. The van der Waals surface area contributed by atoms with E-state index in [1.54, 1.807) is 38.1 Å². The minimum Gasteiger partial charge on any atom is -0.497 e. The molecular formula is C15H17N3O3S2. The number of thioether (sulfide) groups is 1. The highest BCUT2D eigenvalue weighted by Crippen LogP contribution is 2.25. The van der Waals surface area contributed by atoms with E-state index in [1.807, 2.05) is 19.1 Å². The molecule has 0 saturated heterocycles. The average molecular weight is 351 g/mol. The Kier molecular flexibility index (Phi) is 6.42. The molecule has 1 amide bonds. The van der Waals surface area contributed by atoms with E-state index < -0.39 is 0 Å².